The Kier molecular flexibility index (Phi) is 3.12. The van der Waals surface area contributed by atoms with E-state index in [-0.39, 0.29) is 11.4 Å². The van der Waals surface area contributed by atoms with E-state index in [1.54, 1.807) is 0 Å². The number of hydrogen-bond donors (Lipinski definition) is 1. The van der Waals surface area contributed by atoms with Crippen LogP contribution < -0.4 is 5.73 Å². The first kappa shape index (κ1) is 12.3. The number of rotatable bonds is 1. The van der Waals surface area contributed by atoms with Gasteiger partial charge in [0.15, 0.2) is 11.4 Å². The molecule has 0 aliphatic rings. The van der Waals surface area contributed by atoms with Crippen LogP contribution in [-0.2, 0) is 0 Å². The van der Waals surface area contributed by atoms with E-state index in [0.717, 1.165) is 0 Å². The van der Waals surface area contributed by atoms with E-state index in [1.807, 2.05) is 12.1 Å². The normalized spacial score (nSPS) is 9.78. The molecule has 0 unspecified atom stereocenters. The van der Waals surface area contributed by atoms with Gasteiger partial charge in [-0.3, -0.25) is 4.57 Å². The van der Waals surface area contributed by atoms with Crippen molar-refractivity contribution in [2.75, 3.05) is 5.73 Å². The smallest absolute Gasteiger partial charge is 0.177 e. The van der Waals surface area contributed by atoms with Gasteiger partial charge in [0, 0.05) is 0 Å². The third-order valence-corrected chi connectivity index (χ3v) is 3.03. The Balaban J connectivity index is 2.71. The van der Waals surface area contributed by atoms with Crippen LogP contribution in [0.1, 0.15) is 11.4 Å². The number of benzene rings is 1. The van der Waals surface area contributed by atoms with Crippen molar-refractivity contribution in [3.05, 3.63) is 39.9 Å². The maximum Gasteiger partial charge on any atom is 0.177 e. The lowest BCUT2D eigenvalue weighted by atomic mass is 10.2. The third-order valence-electron chi connectivity index (χ3n) is 2.31. The molecule has 0 fully saturated rings. The molecule has 0 aliphatic heterocycles. The van der Waals surface area contributed by atoms with Gasteiger partial charge in [-0.25, -0.2) is 4.98 Å². The zero-order valence-electron chi connectivity index (χ0n) is 8.85. The summed E-state index contributed by atoms with van der Waals surface area (Å²) in [6, 6.07) is 6.72. The van der Waals surface area contributed by atoms with Crippen LogP contribution in [0.2, 0.25) is 10.0 Å². The third kappa shape index (κ3) is 1.86. The van der Waals surface area contributed by atoms with Gasteiger partial charge >= 0.3 is 0 Å². The fourth-order valence-corrected chi connectivity index (χ4v) is 1.81. The molecule has 0 amide bonds. The van der Waals surface area contributed by atoms with Gasteiger partial charge in [0.05, 0.1) is 21.4 Å². The molecule has 18 heavy (non-hydrogen) atoms. The van der Waals surface area contributed by atoms with Crippen molar-refractivity contribution >= 4 is 28.9 Å². The van der Waals surface area contributed by atoms with E-state index in [2.05, 4.69) is 4.98 Å². The highest BCUT2D eigenvalue weighted by atomic mass is 35.5. The number of hydrogen-bond acceptors (Lipinski definition) is 4. The second-order valence-corrected chi connectivity index (χ2v) is 4.17. The number of nitrogens with two attached hydrogens (primary N) is 1. The molecule has 0 radical (unpaired) electrons. The SMILES string of the molecule is N#Cc1ncn(-c2cc(Cl)c(Cl)cc2N)c1C#N. The molecule has 2 rings (SSSR count). The molecule has 0 spiro atoms. The lowest BCUT2D eigenvalue weighted by Crippen LogP contribution is -2.01. The van der Waals surface area contributed by atoms with Crippen LogP contribution in [0.5, 0.6) is 0 Å². The average molecular weight is 278 g/mol. The number of nitrogen functional groups attached to an aromatic ring is 1. The highest BCUT2D eigenvalue weighted by Gasteiger charge is 2.14. The molecule has 1 heterocycles. The Labute approximate surface area is 113 Å². The van der Waals surface area contributed by atoms with Crippen molar-refractivity contribution in [2.24, 2.45) is 0 Å². The Hall–Kier alpha value is -2.21. The molecular weight excluding hydrogens is 273 g/mol. The largest absolute Gasteiger partial charge is 0.397 e. The van der Waals surface area contributed by atoms with E-state index in [4.69, 9.17) is 39.5 Å². The minimum absolute atomic E-state index is 0.0305. The number of imidazole rings is 1. The molecule has 1 aromatic carbocycles. The van der Waals surface area contributed by atoms with E-state index < -0.39 is 0 Å². The first-order chi connectivity index (χ1) is 8.58. The van der Waals surface area contributed by atoms with E-state index in [1.165, 1.54) is 23.0 Å². The maximum atomic E-state index is 9.03. The van der Waals surface area contributed by atoms with Crippen LogP contribution in [-0.4, -0.2) is 9.55 Å². The summed E-state index contributed by atoms with van der Waals surface area (Å²) in [6.45, 7) is 0. The van der Waals surface area contributed by atoms with Crippen molar-refractivity contribution in [1.82, 2.24) is 9.55 Å². The molecule has 2 N–H and O–H groups in total. The Bertz CT molecular complexity index is 705. The minimum atomic E-state index is 0.0305. The van der Waals surface area contributed by atoms with Gasteiger partial charge in [-0.2, -0.15) is 10.5 Å². The fraction of sp³-hybridized carbons (Fsp3) is 0. The topological polar surface area (TPSA) is 91.4 Å². The summed E-state index contributed by atoms with van der Waals surface area (Å²) in [6.07, 6.45) is 1.34. The Morgan fingerprint density at radius 3 is 2.44 bits per heavy atom. The minimum Gasteiger partial charge on any atom is -0.397 e. The molecule has 7 heteroatoms. The lowest BCUT2D eigenvalue weighted by Gasteiger charge is -2.09. The van der Waals surface area contributed by atoms with E-state index >= 15 is 0 Å². The van der Waals surface area contributed by atoms with Gasteiger partial charge in [-0.15, -0.1) is 0 Å². The van der Waals surface area contributed by atoms with Crippen molar-refractivity contribution in [1.29, 1.82) is 10.5 Å². The Morgan fingerprint density at radius 2 is 1.83 bits per heavy atom. The quantitative estimate of drug-likeness (QED) is 0.811. The van der Waals surface area contributed by atoms with Gasteiger partial charge in [0.1, 0.15) is 18.5 Å². The number of nitriles is 2. The van der Waals surface area contributed by atoms with Crippen LogP contribution in [0.15, 0.2) is 18.5 Å². The number of halogens is 2. The average Bonchev–Trinajstić information content (AvgIpc) is 2.76. The van der Waals surface area contributed by atoms with Gasteiger partial charge in [-0.05, 0) is 12.1 Å². The molecule has 88 valence electrons. The highest BCUT2D eigenvalue weighted by Crippen LogP contribution is 2.30. The number of aromatic nitrogens is 2. The van der Waals surface area contributed by atoms with Crippen LogP contribution in [0.25, 0.3) is 5.69 Å². The van der Waals surface area contributed by atoms with Crippen molar-refractivity contribution in [2.45, 2.75) is 0 Å². The lowest BCUT2D eigenvalue weighted by molar-refractivity contribution is 1.04. The zero-order chi connectivity index (χ0) is 13.3. The second kappa shape index (κ2) is 4.58. The van der Waals surface area contributed by atoms with Crippen molar-refractivity contribution in [3.63, 3.8) is 0 Å². The molecule has 0 bridgehead atoms. The summed E-state index contributed by atoms with van der Waals surface area (Å²) in [7, 11) is 0. The summed E-state index contributed by atoms with van der Waals surface area (Å²) in [5.74, 6) is 0. The van der Waals surface area contributed by atoms with E-state index in [9.17, 15) is 0 Å². The molecular formula is C11H5Cl2N5. The van der Waals surface area contributed by atoms with Gasteiger partial charge < -0.3 is 5.73 Å². The maximum absolute atomic E-state index is 9.03. The zero-order valence-corrected chi connectivity index (χ0v) is 10.4. The number of anilines is 1. The van der Waals surface area contributed by atoms with Gasteiger partial charge in [0.25, 0.3) is 0 Å². The van der Waals surface area contributed by atoms with Gasteiger partial charge in [-0.1, -0.05) is 23.2 Å². The molecule has 1 aromatic heterocycles. The van der Waals surface area contributed by atoms with Crippen LogP contribution in [0, 0.1) is 22.7 Å². The molecule has 5 nitrogen and oxygen atoms in total. The molecule has 0 aliphatic carbocycles. The summed E-state index contributed by atoms with van der Waals surface area (Å²) in [5.41, 5.74) is 6.73. The summed E-state index contributed by atoms with van der Waals surface area (Å²) >= 11 is 11.7. The Morgan fingerprint density at radius 1 is 1.17 bits per heavy atom. The highest BCUT2D eigenvalue weighted by molar-refractivity contribution is 6.42. The first-order valence-corrected chi connectivity index (χ1v) is 5.46. The fourth-order valence-electron chi connectivity index (χ4n) is 1.48. The molecule has 0 saturated carbocycles. The summed E-state index contributed by atoms with van der Waals surface area (Å²) in [5, 5.41) is 18.5. The second-order valence-electron chi connectivity index (χ2n) is 3.36. The van der Waals surface area contributed by atoms with Crippen LogP contribution in [0.4, 0.5) is 5.69 Å². The molecule has 0 saturated heterocycles. The van der Waals surface area contributed by atoms with Crippen molar-refractivity contribution < 1.29 is 0 Å². The van der Waals surface area contributed by atoms with Gasteiger partial charge in [0.2, 0.25) is 0 Å². The first-order valence-electron chi connectivity index (χ1n) is 4.71. The predicted molar refractivity (Wildman–Crippen MR) is 67.4 cm³/mol. The number of nitrogens with zero attached hydrogens (tertiary/aromatic N) is 4. The molecule has 0 atom stereocenters. The molecule has 2 aromatic rings. The van der Waals surface area contributed by atoms with Crippen LogP contribution >= 0.6 is 23.2 Å². The monoisotopic (exact) mass is 277 g/mol. The summed E-state index contributed by atoms with van der Waals surface area (Å²) in [4.78, 5) is 3.82. The predicted octanol–water partition coefficient (Wildman–Crippen LogP) is 2.50. The van der Waals surface area contributed by atoms with Crippen LogP contribution in [0.3, 0.4) is 0 Å². The van der Waals surface area contributed by atoms with Crippen molar-refractivity contribution in [3.8, 4) is 17.8 Å². The summed E-state index contributed by atoms with van der Waals surface area (Å²) < 4.78 is 1.40. The van der Waals surface area contributed by atoms with E-state index in [0.29, 0.717) is 21.4 Å². The standard InChI is InChI=1S/C11H5Cl2N5/c12-6-1-8(16)10(2-7(6)13)18-5-17-9(3-14)11(18)4-15/h1-2,5H,16H2.